The molecule has 4 rings (SSSR count). The molecular formula is C19H26N6O. The van der Waals surface area contributed by atoms with Crippen molar-refractivity contribution >= 4 is 5.91 Å². The van der Waals surface area contributed by atoms with E-state index in [1.807, 2.05) is 17.2 Å². The van der Waals surface area contributed by atoms with Crippen LogP contribution in [0.5, 0.6) is 0 Å². The Hall–Kier alpha value is -2.28. The lowest BCUT2D eigenvalue weighted by Crippen LogP contribution is -2.37. The monoisotopic (exact) mass is 354 g/mol. The van der Waals surface area contributed by atoms with Crippen molar-refractivity contribution in [3.8, 4) is 0 Å². The maximum atomic E-state index is 12.8. The first-order valence-corrected chi connectivity index (χ1v) is 9.52. The van der Waals surface area contributed by atoms with Gasteiger partial charge in [0.15, 0.2) is 0 Å². The molecule has 2 N–H and O–H groups in total. The molecule has 0 aliphatic carbocycles. The van der Waals surface area contributed by atoms with Crippen LogP contribution in [0.1, 0.15) is 66.0 Å². The van der Waals surface area contributed by atoms with Crippen molar-refractivity contribution in [1.82, 2.24) is 30.4 Å². The minimum Gasteiger partial charge on any atom is -0.332 e. The smallest absolute Gasteiger partial charge is 0.274 e. The zero-order chi connectivity index (χ0) is 18.1. The number of aromatic nitrogens is 4. The number of rotatable bonds is 4. The van der Waals surface area contributed by atoms with Crippen molar-refractivity contribution in [3.63, 3.8) is 0 Å². The van der Waals surface area contributed by atoms with E-state index in [2.05, 4.69) is 34.3 Å². The Morgan fingerprint density at radius 3 is 3.08 bits per heavy atom. The number of H-pyrrole nitrogens is 1. The third-order valence-corrected chi connectivity index (χ3v) is 5.09. The normalized spacial score (nSPS) is 19.8. The van der Waals surface area contributed by atoms with Crippen LogP contribution >= 0.6 is 0 Å². The molecule has 7 heteroatoms. The molecule has 1 fully saturated rings. The van der Waals surface area contributed by atoms with Gasteiger partial charge in [0.2, 0.25) is 0 Å². The van der Waals surface area contributed by atoms with E-state index in [1.54, 1.807) is 0 Å². The highest BCUT2D eigenvalue weighted by Gasteiger charge is 2.26. The first-order valence-electron chi connectivity index (χ1n) is 9.52. The summed E-state index contributed by atoms with van der Waals surface area (Å²) in [6, 6.07) is 2.16. The fourth-order valence-electron chi connectivity index (χ4n) is 3.76. The van der Waals surface area contributed by atoms with Crippen LogP contribution in [0.15, 0.2) is 12.3 Å². The van der Waals surface area contributed by atoms with Gasteiger partial charge in [-0.25, -0.2) is 9.97 Å². The number of nitrogens with one attached hydrogen (secondary N) is 2. The summed E-state index contributed by atoms with van der Waals surface area (Å²) in [4.78, 5) is 23.9. The molecule has 0 radical (unpaired) electrons. The molecule has 2 aromatic rings. The molecule has 2 aliphatic heterocycles. The molecule has 0 aromatic carbocycles. The molecule has 0 unspecified atom stereocenters. The Balaban J connectivity index is 1.46. The molecular weight excluding hydrogens is 328 g/mol. The molecule has 26 heavy (non-hydrogen) atoms. The minimum atomic E-state index is -0.0246. The van der Waals surface area contributed by atoms with E-state index < -0.39 is 0 Å². The van der Waals surface area contributed by atoms with Gasteiger partial charge in [0.05, 0.1) is 11.7 Å². The molecule has 2 aromatic heterocycles. The second-order valence-electron chi connectivity index (χ2n) is 7.70. The zero-order valence-electron chi connectivity index (χ0n) is 15.5. The molecule has 2 aliphatic rings. The second kappa shape index (κ2) is 7.15. The van der Waals surface area contributed by atoms with Gasteiger partial charge in [-0.3, -0.25) is 9.89 Å². The quantitative estimate of drug-likeness (QED) is 0.877. The number of carbonyl (C=O) groups excluding carboxylic acids is 1. The van der Waals surface area contributed by atoms with Gasteiger partial charge in [-0.05, 0) is 37.8 Å². The van der Waals surface area contributed by atoms with Gasteiger partial charge in [0.25, 0.3) is 5.91 Å². The van der Waals surface area contributed by atoms with Gasteiger partial charge < -0.3 is 10.2 Å². The third kappa shape index (κ3) is 3.49. The van der Waals surface area contributed by atoms with Crippen LogP contribution in [0, 0.1) is 5.92 Å². The van der Waals surface area contributed by atoms with Gasteiger partial charge >= 0.3 is 0 Å². The first-order chi connectivity index (χ1) is 12.6. The van der Waals surface area contributed by atoms with Crippen molar-refractivity contribution < 1.29 is 4.79 Å². The van der Waals surface area contributed by atoms with E-state index >= 15 is 0 Å². The highest BCUT2D eigenvalue weighted by Crippen LogP contribution is 2.23. The van der Waals surface area contributed by atoms with Crippen molar-refractivity contribution in [2.45, 2.75) is 52.1 Å². The van der Waals surface area contributed by atoms with Gasteiger partial charge in [-0.2, -0.15) is 5.10 Å². The van der Waals surface area contributed by atoms with Crippen molar-refractivity contribution in [2.75, 3.05) is 13.1 Å². The Morgan fingerprint density at radius 2 is 2.31 bits per heavy atom. The van der Waals surface area contributed by atoms with Crippen molar-refractivity contribution in [1.29, 1.82) is 0 Å². The second-order valence-corrected chi connectivity index (χ2v) is 7.70. The van der Waals surface area contributed by atoms with Gasteiger partial charge in [-0.1, -0.05) is 13.8 Å². The fraction of sp³-hybridized carbons (Fsp3) is 0.579. The number of carbonyl (C=O) groups is 1. The van der Waals surface area contributed by atoms with E-state index in [1.165, 1.54) is 6.42 Å². The number of hydrogen-bond acceptors (Lipinski definition) is 5. The maximum Gasteiger partial charge on any atom is 0.274 e. The lowest BCUT2D eigenvalue weighted by molar-refractivity contribution is 0.0727. The van der Waals surface area contributed by atoms with E-state index in [9.17, 15) is 4.79 Å². The van der Waals surface area contributed by atoms with E-state index in [-0.39, 0.29) is 11.9 Å². The summed E-state index contributed by atoms with van der Waals surface area (Å²) in [5, 5.41) is 10.6. The van der Waals surface area contributed by atoms with E-state index in [0.29, 0.717) is 24.7 Å². The van der Waals surface area contributed by atoms with Gasteiger partial charge in [0.1, 0.15) is 11.5 Å². The summed E-state index contributed by atoms with van der Waals surface area (Å²) in [5.74, 6) is 1.40. The van der Waals surface area contributed by atoms with Crippen molar-refractivity contribution in [2.24, 2.45) is 5.92 Å². The van der Waals surface area contributed by atoms with Crippen LogP contribution in [0.3, 0.4) is 0 Å². The summed E-state index contributed by atoms with van der Waals surface area (Å²) in [6.45, 7) is 6.57. The summed E-state index contributed by atoms with van der Waals surface area (Å²) < 4.78 is 0. The molecule has 1 amide bonds. The average Bonchev–Trinajstić information content (AvgIpc) is 3.31. The topological polar surface area (TPSA) is 86.8 Å². The van der Waals surface area contributed by atoms with Gasteiger partial charge in [0, 0.05) is 37.0 Å². The Morgan fingerprint density at radius 1 is 1.42 bits per heavy atom. The van der Waals surface area contributed by atoms with E-state index in [0.717, 1.165) is 48.6 Å². The van der Waals surface area contributed by atoms with E-state index in [4.69, 9.17) is 4.98 Å². The molecule has 7 nitrogen and oxygen atoms in total. The van der Waals surface area contributed by atoms with Crippen LogP contribution in [0.4, 0.5) is 0 Å². The molecule has 0 bridgehead atoms. The summed E-state index contributed by atoms with van der Waals surface area (Å²) >= 11 is 0. The van der Waals surface area contributed by atoms with Crippen LogP contribution in [0.25, 0.3) is 0 Å². The highest BCUT2D eigenvalue weighted by molar-refractivity contribution is 5.92. The number of hydrogen-bond donors (Lipinski definition) is 2. The summed E-state index contributed by atoms with van der Waals surface area (Å²) in [5.41, 5.74) is 3.63. The van der Waals surface area contributed by atoms with Crippen LogP contribution in [-0.2, 0) is 19.4 Å². The first kappa shape index (κ1) is 17.1. The number of amides is 1. The Bertz CT molecular complexity index is 793. The fourth-order valence-corrected chi connectivity index (χ4v) is 3.76. The van der Waals surface area contributed by atoms with Gasteiger partial charge in [-0.15, -0.1) is 0 Å². The number of aromatic amines is 1. The number of fused-ring (bicyclic) bond motifs is 1. The lowest BCUT2D eigenvalue weighted by atomic mass is 10.1. The predicted octanol–water partition coefficient (Wildman–Crippen LogP) is 2.02. The third-order valence-electron chi connectivity index (χ3n) is 5.09. The Kier molecular flexibility index (Phi) is 4.72. The Labute approximate surface area is 153 Å². The predicted molar refractivity (Wildman–Crippen MR) is 97.6 cm³/mol. The molecule has 1 saturated heterocycles. The SMILES string of the molecule is CC(C)Cc1cc(C(=O)N2CCc3nc([C@H]4CCCN4)ncc3C2)n[nH]1. The summed E-state index contributed by atoms with van der Waals surface area (Å²) in [7, 11) is 0. The lowest BCUT2D eigenvalue weighted by Gasteiger charge is -2.28. The highest BCUT2D eigenvalue weighted by atomic mass is 16.2. The van der Waals surface area contributed by atoms with Crippen LogP contribution < -0.4 is 5.32 Å². The zero-order valence-corrected chi connectivity index (χ0v) is 15.5. The minimum absolute atomic E-state index is 0.0246. The standard InChI is InChI=1S/C19H26N6O/c1-12(2)8-14-9-17(24-23-14)19(26)25-7-5-15-13(11-25)10-21-18(22-15)16-4-3-6-20-16/h9-10,12,16,20H,3-8,11H2,1-2H3,(H,23,24)/t16-/m1/s1. The molecule has 1 atom stereocenters. The average molecular weight is 354 g/mol. The largest absolute Gasteiger partial charge is 0.332 e. The van der Waals surface area contributed by atoms with Crippen molar-refractivity contribution in [3.05, 3.63) is 40.7 Å². The van der Waals surface area contributed by atoms with Crippen LogP contribution in [0.2, 0.25) is 0 Å². The molecule has 0 saturated carbocycles. The molecule has 0 spiro atoms. The molecule has 4 heterocycles. The number of nitrogens with zero attached hydrogens (tertiary/aromatic N) is 4. The molecule has 138 valence electrons. The van der Waals surface area contributed by atoms with Crippen LogP contribution in [-0.4, -0.2) is 44.1 Å². The maximum absolute atomic E-state index is 12.8. The summed E-state index contributed by atoms with van der Waals surface area (Å²) in [6.07, 6.45) is 5.84.